The molecule has 2 aromatic heterocycles. The van der Waals surface area contributed by atoms with Gasteiger partial charge in [0.1, 0.15) is 4.21 Å². The number of hydrogen-bond acceptors (Lipinski definition) is 5. The summed E-state index contributed by atoms with van der Waals surface area (Å²) in [7, 11) is -3.45. The molecule has 0 fully saturated rings. The molecule has 2 rings (SSSR count). The van der Waals surface area contributed by atoms with Gasteiger partial charge >= 0.3 is 0 Å². The first kappa shape index (κ1) is 13.5. The van der Waals surface area contributed by atoms with Crippen LogP contribution in [-0.4, -0.2) is 14.5 Å². The lowest BCUT2D eigenvalue weighted by molar-refractivity contribution is 0.563. The third-order valence-electron chi connectivity index (χ3n) is 2.30. The van der Waals surface area contributed by atoms with Crippen molar-refractivity contribution in [2.75, 3.05) is 5.73 Å². The molecule has 0 saturated heterocycles. The predicted octanol–water partition coefficient (Wildman–Crippen LogP) is 2.30. The Kier molecular flexibility index (Phi) is 4.06. The van der Waals surface area contributed by atoms with Crippen molar-refractivity contribution in [3.8, 4) is 0 Å². The molecule has 2 aromatic rings. The monoisotopic (exact) mass is 302 g/mol. The number of nitrogen functional groups attached to an aromatic ring is 1. The van der Waals surface area contributed by atoms with Crippen molar-refractivity contribution in [3.63, 3.8) is 0 Å². The van der Waals surface area contributed by atoms with Crippen molar-refractivity contribution < 1.29 is 8.42 Å². The van der Waals surface area contributed by atoms with Gasteiger partial charge in [-0.05, 0) is 30.9 Å². The van der Waals surface area contributed by atoms with E-state index in [9.17, 15) is 8.42 Å². The first-order valence-corrected chi connectivity index (χ1v) is 8.60. The fraction of sp³-hybridized carbons (Fsp3) is 0.273. The molecular formula is C11H14N2O2S3. The number of nitrogens with one attached hydrogen (secondary N) is 1. The van der Waals surface area contributed by atoms with Crippen LogP contribution in [0.4, 0.5) is 5.69 Å². The molecule has 0 spiro atoms. The molecule has 4 nitrogen and oxygen atoms in total. The minimum Gasteiger partial charge on any atom is -0.398 e. The normalized spacial score (nSPS) is 13.6. The highest BCUT2D eigenvalue weighted by Crippen LogP contribution is 2.22. The SMILES string of the molecule is CC(Cc1cccs1)NS(=O)(=O)c1cc(N)cs1. The van der Waals surface area contributed by atoms with Crippen molar-refractivity contribution in [3.05, 3.63) is 33.8 Å². The molecule has 3 N–H and O–H groups in total. The Balaban J connectivity index is 2.04. The van der Waals surface area contributed by atoms with Crippen LogP contribution in [0.2, 0.25) is 0 Å². The number of thiophene rings is 2. The molecule has 98 valence electrons. The van der Waals surface area contributed by atoms with Gasteiger partial charge in [0.05, 0.1) is 0 Å². The molecule has 0 saturated carbocycles. The first-order chi connectivity index (χ1) is 8.47. The number of hydrogen-bond donors (Lipinski definition) is 2. The molecule has 0 aliphatic carbocycles. The van der Waals surface area contributed by atoms with Crippen LogP contribution in [0.3, 0.4) is 0 Å². The predicted molar refractivity (Wildman–Crippen MR) is 76.5 cm³/mol. The van der Waals surface area contributed by atoms with Gasteiger partial charge in [-0.1, -0.05) is 6.07 Å². The van der Waals surface area contributed by atoms with Gasteiger partial charge in [0.25, 0.3) is 0 Å². The van der Waals surface area contributed by atoms with E-state index >= 15 is 0 Å². The van der Waals surface area contributed by atoms with Gasteiger partial charge in [-0.3, -0.25) is 0 Å². The third-order valence-corrected chi connectivity index (χ3v) is 6.25. The lowest BCUT2D eigenvalue weighted by Crippen LogP contribution is -2.33. The zero-order valence-electron chi connectivity index (χ0n) is 9.79. The standard InChI is InChI=1S/C11H14N2O2S3/c1-8(5-10-3-2-4-16-10)13-18(14,15)11-6-9(12)7-17-11/h2-4,6-8,13H,5,12H2,1H3. The van der Waals surface area contributed by atoms with Crippen LogP contribution in [0.25, 0.3) is 0 Å². The van der Waals surface area contributed by atoms with E-state index < -0.39 is 10.0 Å². The average molecular weight is 302 g/mol. The molecule has 0 amide bonds. The van der Waals surface area contributed by atoms with Gasteiger partial charge in [-0.15, -0.1) is 22.7 Å². The van der Waals surface area contributed by atoms with E-state index in [1.807, 2.05) is 24.4 Å². The van der Waals surface area contributed by atoms with Crippen LogP contribution in [-0.2, 0) is 16.4 Å². The van der Waals surface area contributed by atoms with Crippen molar-refractivity contribution in [2.45, 2.75) is 23.6 Å². The second-order valence-electron chi connectivity index (χ2n) is 4.00. The maximum atomic E-state index is 12.0. The van der Waals surface area contributed by atoms with E-state index in [-0.39, 0.29) is 10.3 Å². The highest BCUT2D eigenvalue weighted by molar-refractivity contribution is 7.91. The highest BCUT2D eigenvalue weighted by atomic mass is 32.2. The second-order valence-corrected chi connectivity index (χ2v) is 7.89. The summed E-state index contributed by atoms with van der Waals surface area (Å²) < 4.78 is 27.0. The second kappa shape index (κ2) is 5.40. The number of rotatable bonds is 5. The van der Waals surface area contributed by atoms with E-state index in [1.54, 1.807) is 16.7 Å². The maximum Gasteiger partial charge on any atom is 0.250 e. The van der Waals surface area contributed by atoms with Crippen LogP contribution >= 0.6 is 22.7 Å². The van der Waals surface area contributed by atoms with Gasteiger partial charge in [0, 0.05) is 22.0 Å². The van der Waals surface area contributed by atoms with E-state index in [0.29, 0.717) is 12.1 Å². The van der Waals surface area contributed by atoms with Crippen molar-refractivity contribution in [1.29, 1.82) is 0 Å². The van der Waals surface area contributed by atoms with E-state index in [1.165, 1.54) is 6.07 Å². The summed E-state index contributed by atoms with van der Waals surface area (Å²) in [5.41, 5.74) is 6.01. The zero-order chi connectivity index (χ0) is 13.2. The Morgan fingerprint density at radius 2 is 2.22 bits per heavy atom. The van der Waals surface area contributed by atoms with E-state index in [2.05, 4.69) is 4.72 Å². The Labute approximate surface area is 115 Å². The van der Waals surface area contributed by atoms with Crippen molar-refractivity contribution in [1.82, 2.24) is 4.72 Å². The molecule has 0 aliphatic rings. The molecule has 0 aliphatic heterocycles. The summed E-state index contributed by atoms with van der Waals surface area (Å²) in [6.07, 6.45) is 0.692. The number of anilines is 1. The average Bonchev–Trinajstić information content (AvgIpc) is 2.88. The molecule has 0 aromatic carbocycles. The van der Waals surface area contributed by atoms with Gasteiger partial charge in [-0.2, -0.15) is 0 Å². The van der Waals surface area contributed by atoms with Crippen molar-refractivity contribution in [2.24, 2.45) is 0 Å². The fourth-order valence-corrected chi connectivity index (χ4v) is 4.74. The lowest BCUT2D eigenvalue weighted by Gasteiger charge is -2.12. The first-order valence-electron chi connectivity index (χ1n) is 5.36. The lowest BCUT2D eigenvalue weighted by atomic mass is 10.2. The van der Waals surface area contributed by atoms with Crippen LogP contribution in [0, 0.1) is 0 Å². The molecule has 1 unspecified atom stereocenters. The van der Waals surface area contributed by atoms with E-state index in [4.69, 9.17) is 5.73 Å². The van der Waals surface area contributed by atoms with E-state index in [0.717, 1.165) is 16.2 Å². The quantitative estimate of drug-likeness (QED) is 0.890. The largest absolute Gasteiger partial charge is 0.398 e. The van der Waals surface area contributed by atoms with Crippen LogP contribution in [0.5, 0.6) is 0 Å². The molecule has 1 atom stereocenters. The van der Waals surface area contributed by atoms with Gasteiger partial charge < -0.3 is 5.73 Å². The topological polar surface area (TPSA) is 72.2 Å². The number of sulfonamides is 1. The minimum atomic E-state index is -3.45. The zero-order valence-corrected chi connectivity index (χ0v) is 12.2. The minimum absolute atomic E-state index is 0.142. The molecular weight excluding hydrogens is 288 g/mol. The Bertz CT molecular complexity index is 602. The fourth-order valence-electron chi connectivity index (χ4n) is 1.57. The van der Waals surface area contributed by atoms with Crippen LogP contribution < -0.4 is 10.5 Å². The Morgan fingerprint density at radius 1 is 1.44 bits per heavy atom. The maximum absolute atomic E-state index is 12.0. The van der Waals surface area contributed by atoms with Gasteiger partial charge in [0.15, 0.2) is 0 Å². The number of nitrogens with two attached hydrogens (primary N) is 1. The molecule has 0 bridgehead atoms. The Hall–Kier alpha value is -0.890. The molecule has 2 heterocycles. The van der Waals surface area contributed by atoms with Gasteiger partial charge in [-0.25, -0.2) is 13.1 Å². The summed E-state index contributed by atoms with van der Waals surface area (Å²) >= 11 is 2.76. The Morgan fingerprint density at radius 3 is 2.78 bits per heavy atom. The summed E-state index contributed by atoms with van der Waals surface area (Å²) in [4.78, 5) is 1.16. The van der Waals surface area contributed by atoms with Crippen LogP contribution in [0.1, 0.15) is 11.8 Å². The van der Waals surface area contributed by atoms with Crippen molar-refractivity contribution >= 4 is 38.4 Å². The molecule has 18 heavy (non-hydrogen) atoms. The van der Waals surface area contributed by atoms with Gasteiger partial charge in [0.2, 0.25) is 10.0 Å². The summed E-state index contributed by atoms with van der Waals surface area (Å²) in [6, 6.07) is 5.29. The molecule has 0 radical (unpaired) electrons. The third kappa shape index (κ3) is 3.32. The highest BCUT2D eigenvalue weighted by Gasteiger charge is 2.19. The summed E-state index contributed by atoms with van der Waals surface area (Å²) in [5.74, 6) is 0. The van der Waals surface area contributed by atoms with Crippen LogP contribution in [0.15, 0.2) is 33.2 Å². The summed E-state index contributed by atoms with van der Waals surface area (Å²) in [6.45, 7) is 1.86. The molecule has 7 heteroatoms. The smallest absolute Gasteiger partial charge is 0.250 e. The summed E-state index contributed by atoms with van der Waals surface area (Å²) in [5, 5.41) is 3.61.